The van der Waals surface area contributed by atoms with E-state index in [4.69, 9.17) is 14.3 Å². The van der Waals surface area contributed by atoms with Gasteiger partial charge in [0, 0.05) is 11.8 Å². The molecular weight excluding hydrogens is 400 g/mol. The predicted octanol–water partition coefficient (Wildman–Crippen LogP) is 0.0440. The number of aromatic nitrogens is 2. The molecule has 0 unspecified atom stereocenters. The van der Waals surface area contributed by atoms with E-state index in [2.05, 4.69) is 20.8 Å². The summed E-state index contributed by atoms with van der Waals surface area (Å²) >= 11 is 0. The van der Waals surface area contributed by atoms with Crippen LogP contribution < -0.4 is 11.2 Å². The molecule has 3 N–H and O–H groups in total. The Hall–Kier alpha value is -1.79. The molecule has 0 bridgehead atoms. The SMILES string of the molecule is Cc1cn([C@@H]2O[C@H](CO[Si](C)(C)C(C)(C)C)[C@@H](O)[C@H]2O)c(=O)n(CC(=O)O)c1=O. The summed E-state index contributed by atoms with van der Waals surface area (Å²) in [5.74, 6) is -1.35. The highest BCUT2D eigenvalue weighted by atomic mass is 28.4. The molecule has 0 radical (unpaired) electrons. The lowest BCUT2D eigenvalue weighted by Gasteiger charge is -2.37. The first-order valence-corrected chi connectivity index (χ1v) is 12.3. The monoisotopic (exact) mass is 430 g/mol. The smallest absolute Gasteiger partial charge is 0.333 e. The lowest BCUT2D eigenvalue weighted by Crippen LogP contribution is -2.45. The van der Waals surface area contributed by atoms with E-state index in [-0.39, 0.29) is 17.2 Å². The van der Waals surface area contributed by atoms with E-state index in [1.807, 2.05) is 13.1 Å². The molecule has 10 nitrogen and oxygen atoms in total. The third kappa shape index (κ3) is 4.69. The number of hydrogen-bond donors (Lipinski definition) is 3. The topological polar surface area (TPSA) is 140 Å². The van der Waals surface area contributed by atoms with Crippen LogP contribution in [0.4, 0.5) is 0 Å². The van der Waals surface area contributed by atoms with Gasteiger partial charge in [0.1, 0.15) is 24.9 Å². The van der Waals surface area contributed by atoms with E-state index in [0.717, 1.165) is 4.57 Å². The van der Waals surface area contributed by atoms with E-state index in [0.29, 0.717) is 4.57 Å². The highest BCUT2D eigenvalue weighted by Gasteiger charge is 2.46. The number of aliphatic hydroxyl groups is 2. The van der Waals surface area contributed by atoms with E-state index in [1.165, 1.54) is 13.1 Å². The number of aryl methyl sites for hydroxylation is 1. The van der Waals surface area contributed by atoms with Gasteiger partial charge in [-0.25, -0.2) is 9.36 Å². The van der Waals surface area contributed by atoms with Gasteiger partial charge in [0.2, 0.25) is 0 Å². The fourth-order valence-corrected chi connectivity index (χ4v) is 3.83. The molecule has 0 spiro atoms. The Morgan fingerprint density at radius 2 is 1.83 bits per heavy atom. The normalized spacial score (nSPS) is 25.4. The van der Waals surface area contributed by atoms with Crippen molar-refractivity contribution in [3.8, 4) is 0 Å². The van der Waals surface area contributed by atoms with Gasteiger partial charge in [0.15, 0.2) is 14.5 Å². The maximum atomic E-state index is 12.6. The van der Waals surface area contributed by atoms with Gasteiger partial charge >= 0.3 is 11.7 Å². The minimum atomic E-state index is -2.13. The summed E-state index contributed by atoms with van der Waals surface area (Å²) in [6.45, 7) is 10.9. The second-order valence-electron chi connectivity index (χ2n) is 8.90. The van der Waals surface area contributed by atoms with Crippen molar-refractivity contribution in [2.75, 3.05) is 6.61 Å². The first-order valence-electron chi connectivity index (χ1n) is 9.37. The maximum Gasteiger partial charge on any atom is 0.333 e. The second-order valence-corrected chi connectivity index (χ2v) is 13.7. The van der Waals surface area contributed by atoms with Crippen molar-refractivity contribution in [1.29, 1.82) is 0 Å². The molecule has 0 amide bonds. The van der Waals surface area contributed by atoms with Crippen molar-refractivity contribution in [2.45, 2.75) is 76.9 Å². The van der Waals surface area contributed by atoms with Crippen molar-refractivity contribution in [2.24, 2.45) is 0 Å². The molecule has 11 heteroatoms. The lowest BCUT2D eigenvalue weighted by molar-refractivity contribution is -0.137. The van der Waals surface area contributed by atoms with Crippen LogP contribution in [0.25, 0.3) is 0 Å². The molecule has 2 heterocycles. The largest absolute Gasteiger partial charge is 0.480 e. The van der Waals surface area contributed by atoms with Crippen molar-refractivity contribution in [1.82, 2.24) is 9.13 Å². The summed E-state index contributed by atoms with van der Waals surface area (Å²) in [7, 11) is -2.13. The summed E-state index contributed by atoms with van der Waals surface area (Å²) in [5, 5.41) is 29.8. The number of aliphatic hydroxyl groups excluding tert-OH is 2. The molecule has 4 atom stereocenters. The van der Waals surface area contributed by atoms with Crippen LogP contribution in [0.2, 0.25) is 18.1 Å². The fourth-order valence-electron chi connectivity index (χ4n) is 2.82. The van der Waals surface area contributed by atoms with Crippen LogP contribution in [0.5, 0.6) is 0 Å². The maximum absolute atomic E-state index is 12.6. The van der Waals surface area contributed by atoms with Gasteiger partial charge in [0.05, 0.1) is 6.61 Å². The van der Waals surface area contributed by atoms with E-state index < -0.39 is 56.6 Å². The van der Waals surface area contributed by atoms with Crippen LogP contribution in [0.1, 0.15) is 32.6 Å². The molecule has 0 saturated carbocycles. The molecule has 1 aliphatic heterocycles. The molecule has 1 fully saturated rings. The van der Waals surface area contributed by atoms with E-state index in [9.17, 15) is 24.6 Å². The molecule has 164 valence electrons. The van der Waals surface area contributed by atoms with E-state index >= 15 is 0 Å². The molecule has 1 aliphatic rings. The molecule has 1 aromatic rings. The van der Waals surface area contributed by atoms with Crippen molar-refractivity contribution < 1.29 is 29.3 Å². The molecule has 1 aromatic heterocycles. The van der Waals surface area contributed by atoms with Crippen LogP contribution in [-0.4, -0.2) is 63.7 Å². The van der Waals surface area contributed by atoms with Gasteiger partial charge < -0.3 is 24.5 Å². The van der Waals surface area contributed by atoms with Gasteiger partial charge in [0.25, 0.3) is 5.56 Å². The van der Waals surface area contributed by atoms with Crippen LogP contribution in [-0.2, 0) is 20.5 Å². The Morgan fingerprint density at radius 1 is 1.24 bits per heavy atom. The zero-order valence-electron chi connectivity index (χ0n) is 17.6. The highest BCUT2D eigenvalue weighted by molar-refractivity contribution is 6.74. The van der Waals surface area contributed by atoms with Gasteiger partial charge in [-0.05, 0) is 25.1 Å². The number of nitrogens with zero attached hydrogens (tertiary/aromatic N) is 2. The third-order valence-electron chi connectivity index (χ3n) is 5.69. The Morgan fingerprint density at radius 3 is 2.34 bits per heavy atom. The van der Waals surface area contributed by atoms with Gasteiger partial charge in [-0.1, -0.05) is 20.8 Å². The minimum Gasteiger partial charge on any atom is -0.480 e. The number of hydrogen-bond acceptors (Lipinski definition) is 7. The Labute approximate surface area is 169 Å². The Bertz CT molecular complexity index is 885. The highest BCUT2D eigenvalue weighted by Crippen LogP contribution is 2.37. The van der Waals surface area contributed by atoms with Crippen molar-refractivity contribution in [3.63, 3.8) is 0 Å². The van der Waals surface area contributed by atoms with Gasteiger partial charge in [-0.3, -0.25) is 14.2 Å². The predicted molar refractivity (Wildman–Crippen MR) is 106 cm³/mol. The number of carbonyl (C=O) groups is 1. The number of aliphatic carboxylic acids is 1. The fraction of sp³-hybridized carbons (Fsp3) is 0.722. The third-order valence-corrected chi connectivity index (χ3v) is 10.2. The van der Waals surface area contributed by atoms with Crippen LogP contribution in [0.3, 0.4) is 0 Å². The van der Waals surface area contributed by atoms with Crippen LogP contribution >= 0.6 is 0 Å². The second kappa shape index (κ2) is 8.15. The summed E-state index contributed by atoms with van der Waals surface area (Å²) in [4.78, 5) is 35.8. The average molecular weight is 431 g/mol. The summed E-state index contributed by atoms with van der Waals surface area (Å²) in [5.41, 5.74) is -1.57. The molecule has 1 saturated heterocycles. The molecular formula is C18H30N2O8Si. The zero-order valence-corrected chi connectivity index (χ0v) is 18.6. The number of carboxylic acids is 1. The van der Waals surface area contributed by atoms with Gasteiger partial charge in [-0.2, -0.15) is 0 Å². The summed E-state index contributed by atoms with van der Waals surface area (Å²) in [6.07, 6.45) is -3.71. The number of carboxylic acid groups (broad SMARTS) is 1. The zero-order chi connectivity index (χ0) is 22.3. The first kappa shape index (κ1) is 23.5. The Kier molecular flexibility index (Phi) is 6.60. The van der Waals surface area contributed by atoms with Gasteiger partial charge in [-0.15, -0.1) is 0 Å². The van der Waals surface area contributed by atoms with Crippen LogP contribution in [0, 0.1) is 6.92 Å². The van der Waals surface area contributed by atoms with Crippen molar-refractivity contribution >= 4 is 14.3 Å². The number of rotatable bonds is 6. The first-order chi connectivity index (χ1) is 13.2. The molecule has 0 aromatic carbocycles. The summed E-state index contributed by atoms with van der Waals surface area (Å²) in [6, 6.07) is 0. The lowest BCUT2D eigenvalue weighted by atomic mass is 10.1. The number of ether oxygens (including phenoxy) is 1. The quantitative estimate of drug-likeness (QED) is 0.538. The molecule has 29 heavy (non-hydrogen) atoms. The molecule has 2 rings (SSSR count). The standard InChI is InChI=1S/C18H30N2O8Si/c1-10-7-20(17(26)19(15(10)25)8-12(21)22)16-14(24)13(23)11(28-16)9-27-29(5,6)18(2,3)4/h7,11,13-14,16,23-24H,8-9H2,1-6H3,(H,21,22)/t11-,13-,14-,16-/m1/s1. The summed E-state index contributed by atoms with van der Waals surface area (Å²) < 4.78 is 13.3. The average Bonchev–Trinajstić information content (AvgIpc) is 2.87. The van der Waals surface area contributed by atoms with E-state index in [1.54, 1.807) is 0 Å². The molecule has 0 aliphatic carbocycles. The Balaban J connectivity index is 2.31. The minimum absolute atomic E-state index is 0.0354. The van der Waals surface area contributed by atoms with Crippen LogP contribution in [0.15, 0.2) is 15.8 Å². The van der Waals surface area contributed by atoms with Crippen molar-refractivity contribution in [3.05, 3.63) is 32.6 Å².